The standard InChI is InChI=1S/C13H10N6O3/c1-22-12-8-10(19(20)21)2-3-11(12)18-13(15-16-17-18)9-4-6-14-7-5-9/h2-8H,1H3. The highest BCUT2D eigenvalue weighted by molar-refractivity contribution is 5.60. The predicted octanol–water partition coefficient (Wildman–Crippen LogP) is 1.64. The maximum Gasteiger partial charge on any atom is 0.273 e. The van der Waals surface area contributed by atoms with Crippen LogP contribution in [-0.4, -0.2) is 37.2 Å². The second-order valence-corrected chi connectivity index (χ2v) is 4.26. The fraction of sp³-hybridized carbons (Fsp3) is 0.0769. The lowest BCUT2D eigenvalue weighted by Gasteiger charge is -2.09. The molecule has 0 amide bonds. The van der Waals surface area contributed by atoms with Gasteiger partial charge in [-0.1, -0.05) is 0 Å². The molecule has 0 radical (unpaired) electrons. The monoisotopic (exact) mass is 298 g/mol. The fourth-order valence-electron chi connectivity index (χ4n) is 1.99. The summed E-state index contributed by atoms with van der Waals surface area (Å²) >= 11 is 0. The van der Waals surface area contributed by atoms with E-state index in [1.165, 1.54) is 30.0 Å². The Morgan fingerprint density at radius 1 is 1.23 bits per heavy atom. The number of hydrogen-bond acceptors (Lipinski definition) is 7. The van der Waals surface area contributed by atoms with E-state index in [1.54, 1.807) is 24.5 Å². The number of rotatable bonds is 4. The van der Waals surface area contributed by atoms with E-state index in [4.69, 9.17) is 4.74 Å². The summed E-state index contributed by atoms with van der Waals surface area (Å²) in [6, 6.07) is 7.77. The topological polar surface area (TPSA) is 109 Å². The van der Waals surface area contributed by atoms with Gasteiger partial charge >= 0.3 is 0 Å². The molecule has 0 saturated carbocycles. The van der Waals surface area contributed by atoms with Gasteiger partial charge in [0, 0.05) is 24.0 Å². The first kappa shape index (κ1) is 13.6. The number of methoxy groups -OCH3 is 1. The fourth-order valence-corrected chi connectivity index (χ4v) is 1.99. The number of nitro benzene ring substituents is 1. The molecular weight excluding hydrogens is 288 g/mol. The van der Waals surface area contributed by atoms with Crippen molar-refractivity contribution in [2.75, 3.05) is 7.11 Å². The summed E-state index contributed by atoms with van der Waals surface area (Å²) < 4.78 is 6.67. The van der Waals surface area contributed by atoms with Gasteiger partial charge in [-0.05, 0) is 28.6 Å². The highest BCUT2D eigenvalue weighted by Crippen LogP contribution is 2.29. The number of non-ortho nitro benzene ring substituents is 1. The van der Waals surface area contributed by atoms with Crippen LogP contribution in [-0.2, 0) is 0 Å². The summed E-state index contributed by atoms with van der Waals surface area (Å²) in [5, 5.41) is 22.4. The summed E-state index contributed by atoms with van der Waals surface area (Å²) in [5.41, 5.74) is 1.20. The molecule has 2 heterocycles. The molecule has 0 unspecified atom stereocenters. The normalized spacial score (nSPS) is 10.4. The minimum atomic E-state index is -0.490. The molecular formula is C13H10N6O3. The largest absolute Gasteiger partial charge is 0.494 e. The van der Waals surface area contributed by atoms with Gasteiger partial charge < -0.3 is 4.74 Å². The maximum absolute atomic E-state index is 10.9. The van der Waals surface area contributed by atoms with E-state index in [1.807, 2.05) is 0 Å². The molecule has 110 valence electrons. The van der Waals surface area contributed by atoms with Crippen LogP contribution in [0.4, 0.5) is 5.69 Å². The van der Waals surface area contributed by atoms with Crippen molar-refractivity contribution in [3.63, 3.8) is 0 Å². The van der Waals surface area contributed by atoms with Crippen molar-refractivity contribution in [2.24, 2.45) is 0 Å². The first-order chi connectivity index (χ1) is 10.7. The van der Waals surface area contributed by atoms with Crippen molar-refractivity contribution >= 4 is 5.69 Å². The van der Waals surface area contributed by atoms with Crippen LogP contribution < -0.4 is 4.74 Å². The minimum absolute atomic E-state index is 0.0702. The molecule has 2 aromatic heterocycles. The minimum Gasteiger partial charge on any atom is -0.494 e. The van der Waals surface area contributed by atoms with Crippen LogP contribution in [0.2, 0.25) is 0 Å². The number of tetrazole rings is 1. The highest BCUT2D eigenvalue weighted by atomic mass is 16.6. The molecule has 0 aliphatic carbocycles. The lowest BCUT2D eigenvalue weighted by molar-refractivity contribution is -0.384. The summed E-state index contributed by atoms with van der Waals surface area (Å²) in [6.07, 6.45) is 3.25. The average molecular weight is 298 g/mol. The molecule has 0 saturated heterocycles. The molecule has 3 aromatic rings. The summed E-state index contributed by atoms with van der Waals surface area (Å²) in [5.74, 6) is 0.784. The second-order valence-electron chi connectivity index (χ2n) is 4.26. The van der Waals surface area contributed by atoms with E-state index in [0.717, 1.165) is 5.56 Å². The van der Waals surface area contributed by atoms with E-state index in [0.29, 0.717) is 17.3 Å². The highest BCUT2D eigenvalue weighted by Gasteiger charge is 2.17. The van der Waals surface area contributed by atoms with Crippen LogP contribution in [0.15, 0.2) is 42.7 Å². The van der Waals surface area contributed by atoms with E-state index < -0.39 is 4.92 Å². The van der Waals surface area contributed by atoms with Gasteiger partial charge in [0.15, 0.2) is 11.6 Å². The lowest BCUT2D eigenvalue weighted by atomic mass is 10.2. The lowest BCUT2D eigenvalue weighted by Crippen LogP contribution is -2.03. The Morgan fingerprint density at radius 2 is 2.00 bits per heavy atom. The molecule has 0 aliphatic rings. The summed E-state index contributed by atoms with van der Waals surface area (Å²) in [4.78, 5) is 14.3. The van der Waals surface area contributed by atoms with Crippen molar-refractivity contribution in [2.45, 2.75) is 0 Å². The van der Waals surface area contributed by atoms with Crippen LogP contribution in [0.3, 0.4) is 0 Å². The van der Waals surface area contributed by atoms with Gasteiger partial charge in [-0.25, -0.2) is 0 Å². The third kappa shape index (κ3) is 2.35. The molecule has 0 N–H and O–H groups in total. The Balaban J connectivity index is 2.13. The maximum atomic E-state index is 10.9. The molecule has 9 nitrogen and oxygen atoms in total. The van der Waals surface area contributed by atoms with Gasteiger partial charge in [0.2, 0.25) is 0 Å². The third-order valence-electron chi connectivity index (χ3n) is 3.01. The number of ether oxygens (including phenoxy) is 1. The second kappa shape index (κ2) is 5.56. The van der Waals surface area contributed by atoms with Crippen molar-refractivity contribution in [3.8, 4) is 22.8 Å². The summed E-state index contributed by atoms with van der Waals surface area (Å²) in [6.45, 7) is 0. The Bertz CT molecular complexity index is 818. The van der Waals surface area contributed by atoms with E-state index in [9.17, 15) is 10.1 Å². The van der Waals surface area contributed by atoms with Crippen LogP contribution in [0, 0.1) is 10.1 Å². The average Bonchev–Trinajstić information content (AvgIpc) is 3.04. The van der Waals surface area contributed by atoms with Crippen molar-refractivity contribution < 1.29 is 9.66 Å². The van der Waals surface area contributed by atoms with Crippen molar-refractivity contribution in [1.82, 2.24) is 25.2 Å². The van der Waals surface area contributed by atoms with Gasteiger partial charge in [-0.3, -0.25) is 15.1 Å². The van der Waals surface area contributed by atoms with Gasteiger partial charge in [-0.15, -0.1) is 5.10 Å². The van der Waals surface area contributed by atoms with Gasteiger partial charge in [0.05, 0.1) is 18.1 Å². The Morgan fingerprint density at radius 3 is 2.68 bits per heavy atom. The number of nitro groups is 1. The van der Waals surface area contributed by atoms with Gasteiger partial charge in [0.25, 0.3) is 5.69 Å². The quantitative estimate of drug-likeness (QED) is 0.532. The molecule has 3 rings (SSSR count). The molecule has 0 atom stereocenters. The first-order valence-corrected chi connectivity index (χ1v) is 6.22. The molecule has 0 fully saturated rings. The molecule has 0 bridgehead atoms. The zero-order valence-corrected chi connectivity index (χ0v) is 11.4. The van der Waals surface area contributed by atoms with Crippen molar-refractivity contribution in [1.29, 1.82) is 0 Å². The smallest absolute Gasteiger partial charge is 0.273 e. The summed E-state index contributed by atoms with van der Waals surface area (Å²) in [7, 11) is 1.43. The SMILES string of the molecule is COc1cc([N+](=O)[O-])ccc1-n1nnnc1-c1ccncc1. The van der Waals surface area contributed by atoms with Gasteiger partial charge in [-0.2, -0.15) is 4.68 Å². The van der Waals surface area contributed by atoms with E-state index in [-0.39, 0.29) is 5.69 Å². The first-order valence-electron chi connectivity index (χ1n) is 6.22. The molecule has 9 heteroatoms. The van der Waals surface area contributed by atoms with E-state index in [2.05, 4.69) is 20.5 Å². The Labute approximate surface area is 124 Å². The Kier molecular flexibility index (Phi) is 3.44. The molecule has 0 spiro atoms. The van der Waals surface area contributed by atoms with Crippen LogP contribution in [0.1, 0.15) is 0 Å². The zero-order valence-electron chi connectivity index (χ0n) is 11.4. The number of nitrogens with zero attached hydrogens (tertiary/aromatic N) is 6. The molecule has 1 aromatic carbocycles. The number of pyridine rings is 1. The third-order valence-corrected chi connectivity index (χ3v) is 3.01. The Hall–Kier alpha value is -3.36. The number of hydrogen-bond donors (Lipinski definition) is 0. The number of benzene rings is 1. The zero-order chi connectivity index (χ0) is 15.5. The van der Waals surface area contributed by atoms with Crippen LogP contribution >= 0.6 is 0 Å². The van der Waals surface area contributed by atoms with E-state index >= 15 is 0 Å². The van der Waals surface area contributed by atoms with Gasteiger partial charge in [0.1, 0.15) is 5.69 Å². The van der Waals surface area contributed by atoms with Crippen LogP contribution in [0.5, 0.6) is 5.75 Å². The molecule has 0 aliphatic heterocycles. The van der Waals surface area contributed by atoms with Crippen LogP contribution in [0.25, 0.3) is 17.1 Å². The van der Waals surface area contributed by atoms with Crippen molar-refractivity contribution in [3.05, 3.63) is 52.8 Å². The number of aromatic nitrogens is 5. The molecule has 22 heavy (non-hydrogen) atoms. The predicted molar refractivity (Wildman–Crippen MR) is 75.6 cm³/mol.